The molecule has 23 heavy (non-hydrogen) atoms. The second kappa shape index (κ2) is 5.36. The Bertz CT molecular complexity index is 642. The SMILES string of the molecule is Cc1ccccc1C(C)(C)C(=O)N1CCC2(CC1)CC2C(=O)O. The summed E-state index contributed by atoms with van der Waals surface area (Å²) in [7, 11) is 0. The van der Waals surface area contributed by atoms with Crippen LogP contribution in [0.4, 0.5) is 0 Å². The topological polar surface area (TPSA) is 57.6 Å². The second-order valence-electron chi connectivity index (χ2n) is 7.69. The Hall–Kier alpha value is -1.84. The Morgan fingerprint density at radius 2 is 1.83 bits per heavy atom. The van der Waals surface area contributed by atoms with Crippen molar-refractivity contribution in [2.24, 2.45) is 11.3 Å². The second-order valence-corrected chi connectivity index (χ2v) is 7.69. The number of carboxylic acids is 1. The molecule has 1 N–H and O–H groups in total. The molecule has 0 aromatic heterocycles. The number of aryl methyl sites for hydroxylation is 1. The molecule has 4 nitrogen and oxygen atoms in total. The van der Waals surface area contributed by atoms with Gasteiger partial charge in [0, 0.05) is 13.1 Å². The van der Waals surface area contributed by atoms with E-state index in [0.29, 0.717) is 13.1 Å². The number of amides is 1. The minimum Gasteiger partial charge on any atom is -0.481 e. The van der Waals surface area contributed by atoms with Crippen LogP contribution in [0.3, 0.4) is 0 Å². The van der Waals surface area contributed by atoms with Gasteiger partial charge in [0.05, 0.1) is 11.3 Å². The molecule has 1 spiro atoms. The van der Waals surface area contributed by atoms with E-state index < -0.39 is 11.4 Å². The van der Waals surface area contributed by atoms with Crippen molar-refractivity contribution >= 4 is 11.9 Å². The molecule has 1 aromatic carbocycles. The van der Waals surface area contributed by atoms with Crippen molar-refractivity contribution in [2.75, 3.05) is 13.1 Å². The summed E-state index contributed by atoms with van der Waals surface area (Å²) in [6, 6.07) is 8.03. The van der Waals surface area contributed by atoms with Gasteiger partial charge in [-0.15, -0.1) is 0 Å². The summed E-state index contributed by atoms with van der Waals surface area (Å²) in [6.45, 7) is 7.37. The first-order valence-corrected chi connectivity index (χ1v) is 8.36. The van der Waals surface area contributed by atoms with Gasteiger partial charge in [0.15, 0.2) is 0 Å². The van der Waals surface area contributed by atoms with Crippen LogP contribution in [-0.4, -0.2) is 35.0 Å². The summed E-state index contributed by atoms with van der Waals surface area (Å²) in [5.74, 6) is -0.719. The molecule has 1 aliphatic heterocycles. The minimum atomic E-state index is -0.676. The minimum absolute atomic E-state index is 0.0323. The smallest absolute Gasteiger partial charge is 0.307 e. The van der Waals surface area contributed by atoms with Crippen molar-refractivity contribution < 1.29 is 14.7 Å². The molecule has 1 unspecified atom stereocenters. The summed E-state index contributed by atoms with van der Waals surface area (Å²) in [6.07, 6.45) is 2.42. The molecule has 1 saturated carbocycles. The van der Waals surface area contributed by atoms with Crippen molar-refractivity contribution in [1.29, 1.82) is 0 Å². The molecule has 3 rings (SSSR count). The molecule has 1 aromatic rings. The lowest BCUT2D eigenvalue weighted by Gasteiger charge is -2.38. The van der Waals surface area contributed by atoms with E-state index in [1.54, 1.807) is 0 Å². The number of carbonyl (C=O) groups excluding carboxylic acids is 1. The number of hydrogen-bond donors (Lipinski definition) is 1. The van der Waals surface area contributed by atoms with Gasteiger partial charge in [-0.2, -0.15) is 0 Å². The van der Waals surface area contributed by atoms with E-state index in [9.17, 15) is 14.7 Å². The van der Waals surface area contributed by atoms with Crippen LogP contribution in [0, 0.1) is 18.3 Å². The van der Waals surface area contributed by atoms with Crippen molar-refractivity contribution in [2.45, 2.75) is 45.4 Å². The molecule has 0 radical (unpaired) electrons. The van der Waals surface area contributed by atoms with Gasteiger partial charge < -0.3 is 10.0 Å². The Morgan fingerprint density at radius 1 is 1.22 bits per heavy atom. The zero-order valence-corrected chi connectivity index (χ0v) is 14.1. The molecule has 124 valence electrons. The van der Waals surface area contributed by atoms with Crippen LogP contribution in [0.15, 0.2) is 24.3 Å². The normalized spacial score (nSPS) is 22.9. The first-order chi connectivity index (χ1) is 10.8. The van der Waals surface area contributed by atoms with Crippen LogP contribution in [0.25, 0.3) is 0 Å². The fraction of sp³-hybridized carbons (Fsp3) is 0.579. The van der Waals surface area contributed by atoms with Gasteiger partial charge in [0.2, 0.25) is 5.91 Å². The molecule has 1 atom stereocenters. The van der Waals surface area contributed by atoms with Crippen LogP contribution in [0.5, 0.6) is 0 Å². The maximum absolute atomic E-state index is 13.0. The molecule has 2 aliphatic rings. The maximum atomic E-state index is 13.0. The van der Waals surface area contributed by atoms with Gasteiger partial charge in [0.1, 0.15) is 0 Å². The average molecular weight is 315 g/mol. The lowest BCUT2D eigenvalue weighted by atomic mass is 9.79. The number of aliphatic carboxylic acids is 1. The highest BCUT2D eigenvalue weighted by Gasteiger charge is 2.59. The Balaban J connectivity index is 1.70. The van der Waals surface area contributed by atoms with E-state index in [-0.39, 0.29) is 17.2 Å². The predicted octanol–water partition coefficient (Wildman–Crippen LogP) is 2.99. The number of hydrogen-bond acceptors (Lipinski definition) is 2. The van der Waals surface area contributed by atoms with Crippen LogP contribution in [-0.2, 0) is 15.0 Å². The Labute approximate surface area is 137 Å². The van der Waals surface area contributed by atoms with Crippen molar-refractivity contribution in [1.82, 2.24) is 4.90 Å². The lowest BCUT2D eigenvalue weighted by Crippen LogP contribution is -2.48. The molecule has 0 bridgehead atoms. The highest BCUT2D eigenvalue weighted by atomic mass is 16.4. The van der Waals surface area contributed by atoms with Gasteiger partial charge in [-0.25, -0.2) is 0 Å². The number of carbonyl (C=O) groups is 2. The van der Waals surface area contributed by atoms with Crippen LogP contribution >= 0.6 is 0 Å². The third kappa shape index (κ3) is 2.64. The lowest BCUT2D eigenvalue weighted by molar-refractivity contribution is -0.140. The number of piperidine rings is 1. The first-order valence-electron chi connectivity index (χ1n) is 8.36. The fourth-order valence-corrected chi connectivity index (χ4v) is 4.19. The number of rotatable bonds is 3. The average Bonchev–Trinajstić information content (AvgIpc) is 3.22. The predicted molar refractivity (Wildman–Crippen MR) is 88.2 cm³/mol. The van der Waals surface area contributed by atoms with E-state index in [4.69, 9.17) is 0 Å². The monoisotopic (exact) mass is 315 g/mol. The molecule has 1 amide bonds. The van der Waals surface area contributed by atoms with Crippen molar-refractivity contribution in [3.63, 3.8) is 0 Å². The van der Waals surface area contributed by atoms with E-state index in [1.165, 1.54) is 0 Å². The largest absolute Gasteiger partial charge is 0.481 e. The number of likely N-dealkylation sites (tertiary alicyclic amines) is 1. The van der Waals surface area contributed by atoms with Crippen LogP contribution in [0.2, 0.25) is 0 Å². The quantitative estimate of drug-likeness (QED) is 0.933. The van der Waals surface area contributed by atoms with Crippen molar-refractivity contribution in [3.8, 4) is 0 Å². The standard InChI is InChI=1S/C19H25NO3/c1-13-6-4-5-7-14(13)18(2,3)17(23)20-10-8-19(9-11-20)12-15(19)16(21)22/h4-7,15H,8-12H2,1-3H3,(H,21,22). The van der Waals surface area contributed by atoms with E-state index in [0.717, 1.165) is 30.4 Å². The van der Waals surface area contributed by atoms with Crippen molar-refractivity contribution in [3.05, 3.63) is 35.4 Å². The van der Waals surface area contributed by atoms with Gasteiger partial charge in [-0.1, -0.05) is 24.3 Å². The molecule has 2 fully saturated rings. The Morgan fingerprint density at radius 3 is 2.35 bits per heavy atom. The summed E-state index contributed by atoms with van der Waals surface area (Å²) in [5.41, 5.74) is 1.62. The molecular formula is C19H25NO3. The molecule has 1 saturated heterocycles. The number of benzene rings is 1. The van der Waals surface area contributed by atoms with E-state index >= 15 is 0 Å². The van der Waals surface area contributed by atoms with Gasteiger partial charge in [-0.3, -0.25) is 9.59 Å². The summed E-state index contributed by atoms with van der Waals surface area (Å²) in [4.78, 5) is 26.1. The summed E-state index contributed by atoms with van der Waals surface area (Å²) >= 11 is 0. The fourth-order valence-electron chi connectivity index (χ4n) is 4.19. The number of carboxylic acid groups (broad SMARTS) is 1. The summed E-state index contributed by atoms with van der Waals surface area (Å²) in [5, 5.41) is 9.17. The Kier molecular flexibility index (Phi) is 3.74. The zero-order chi connectivity index (χ0) is 16.8. The van der Waals surface area contributed by atoms with E-state index in [1.807, 2.05) is 49.9 Å². The van der Waals surface area contributed by atoms with Gasteiger partial charge >= 0.3 is 5.97 Å². The van der Waals surface area contributed by atoms with Crippen LogP contribution in [0.1, 0.15) is 44.2 Å². The first kappa shape index (κ1) is 16.0. The summed E-state index contributed by atoms with van der Waals surface area (Å²) < 4.78 is 0. The van der Waals surface area contributed by atoms with Crippen LogP contribution < -0.4 is 0 Å². The third-order valence-electron chi connectivity index (χ3n) is 5.89. The highest BCUT2D eigenvalue weighted by molar-refractivity contribution is 5.88. The molecule has 1 aliphatic carbocycles. The zero-order valence-electron chi connectivity index (χ0n) is 14.1. The maximum Gasteiger partial charge on any atom is 0.307 e. The van der Waals surface area contributed by atoms with Gasteiger partial charge in [0.25, 0.3) is 0 Å². The molecule has 1 heterocycles. The third-order valence-corrected chi connectivity index (χ3v) is 5.89. The highest BCUT2D eigenvalue weighted by Crippen LogP contribution is 2.59. The van der Waals surface area contributed by atoms with Gasteiger partial charge in [-0.05, 0) is 56.6 Å². The molecule has 4 heteroatoms. The number of nitrogens with zero attached hydrogens (tertiary/aromatic N) is 1. The molecular weight excluding hydrogens is 290 g/mol. The van der Waals surface area contributed by atoms with E-state index in [2.05, 4.69) is 0 Å².